The second-order valence-electron chi connectivity index (χ2n) is 6.60. The smallest absolute Gasteiger partial charge is 0.265 e. The van der Waals surface area contributed by atoms with Crippen LogP contribution in [0.4, 0.5) is 11.4 Å². The number of carbonyl (C=O) groups is 2. The molecule has 3 rings (SSSR count). The molecule has 0 fully saturated rings. The van der Waals surface area contributed by atoms with E-state index in [-0.39, 0.29) is 11.8 Å². The van der Waals surface area contributed by atoms with Crippen LogP contribution in [0.3, 0.4) is 0 Å². The van der Waals surface area contributed by atoms with Crippen LogP contribution < -0.4 is 15.0 Å². The van der Waals surface area contributed by atoms with Crippen LogP contribution in [0.15, 0.2) is 84.9 Å². The molecule has 29 heavy (non-hydrogen) atoms. The molecule has 0 spiro atoms. The van der Waals surface area contributed by atoms with E-state index in [2.05, 4.69) is 5.32 Å². The standard InChI is InChI=1S/C24H24N2O3/c1-3-22(29-21-15-8-5-9-16-21)23(27)25-19-12-10-11-18(17-19)24(28)26(2)20-13-6-4-7-14-20/h4-17,22H,3H2,1-2H3,(H,25,27). The molecule has 0 aliphatic heterocycles. The Balaban J connectivity index is 1.70. The number of hydrogen-bond acceptors (Lipinski definition) is 3. The number of para-hydroxylation sites is 2. The van der Waals surface area contributed by atoms with E-state index in [9.17, 15) is 9.59 Å². The highest BCUT2D eigenvalue weighted by atomic mass is 16.5. The molecule has 1 atom stereocenters. The van der Waals surface area contributed by atoms with Gasteiger partial charge in [0.25, 0.3) is 11.8 Å². The minimum absolute atomic E-state index is 0.153. The zero-order valence-corrected chi connectivity index (χ0v) is 16.5. The van der Waals surface area contributed by atoms with Gasteiger partial charge in [-0.1, -0.05) is 49.4 Å². The third kappa shape index (κ3) is 5.23. The van der Waals surface area contributed by atoms with Crippen molar-refractivity contribution in [2.75, 3.05) is 17.3 Å². The molecule has 0 bridgehead atoms. The first kappa shape index (κ1) is 20.1. The van der Waals surface area contributed by atoms with E-state index < -0.39 is 6.10 Å². The first-order valence-corrected chi connectivity index (χ1v) is 9.54. The van der Waals surface area contributed by atoms with Crippen molar-refractivity contribution in [1.29, 1.82) is 0 Å². The van der Waals surface area contributed by atoms with Crippen molar-refractivity contribution >= 4 is 23.2 Å². The maximum atomic E-state index is 12.8. The highest BCUT2D eigenvalue weighted by molar-refractivity contribution is 6.06. The van der Waals surface area contributed by atoms with Crippen LogP contribution in [0.2, 0.25) is 0 Å². The predicted octanol–water partition coefficient (Wildman–Crippen LogP) is 4.76. The minimum atomic E-state index is -0.622. The number of hydrogen-bond donors (Lipinski definition) is 1. The topological polar surface area (TPSA) is 58.6 Å². The van der Waals surface area contributed by atoms with Gasteiger partial charge in [0.15, 0.2) is 6.10 Å². The van der Waals surface area contributed by atoms with Crippen LogP contribution in [0.5, 0.6) is 5.75 Å². The highest BCUT2D eigenvalue weighted by Crippen LogP contribution is 2.19. The van der Waals surface area contributed by atoms with Gasteiger partial charge in [-0.2, -0.15) is 0 Å². The van der Waals surface area contributed by atoms with Crippen LogP contribution in [-0.4, -0.2) is 25.0 Å². The number of benzene rings is 3. The normalized spacial score (nSPS) is 11.4. The Morgan fingerprint density at radius 3 is 2.24 bits per heavy atom. The molecule has 148 valence electrons. The Morgan fingerprint density at radius 1 is 0.931 bits per heavy atom. The summed E-state index contributed by atoms with van der Waals surface area (Å²) in [4.78, 5) is 27.0. The molecule has 3 aromatic rings. The number of nitrogens with zero attached hydrogens (tertiary/aromatic N) is 1. The number of nitrogens with one attached hydrogen (secondary N) is 1. The molecule has 0 saturated carbocycles. The quantitative estimate of drug-likeness (QED) is 0.635. The van der Waals surface area contributed by atoms with Crippen molar-refractivity contribution in [3.63, 3.8) is 0 Å². The summed E-state index contributed by atoms with van der Waals surface area (Å²) >= 11 is 0. The molecule has 3 aromatic carbocycles. The van der Waals surface area contributed by atoms with Crippen molar-refractivity contribution in [3.05, 3.63) is 90.5 Å². The molecule has 0 aliphatic carbocycles. The van der Waals surface area contributed by atoms with Crippen molar-refractivity contribution in [2.24, 2.45) is 0 Å². The maximum absolute atomic E-state index is 12.8. The Hall–Kier alpha value is -3.60. The van der Waals surface area contributed by atoms with E-state index in [1.165, 1.54) is 0 Å². The van der Waals surface area contributed by atoms with Gasteiger partial charge in [0.2, 0.25) is 0 Å². The summed E-state index contributed by atoms with van der Waals surface area (Å²) in [6.45, 7) is 1.89. The Morgan fingerprint density at radius 2 is 1.59 bits per heavy atom. The zero-order valence-electron chi connectivity index (χ0n) is 16.5. The third-order valence-electron chi connectivity index (χ3n) is 4.51. The van der Waals surface area contributed by atoms with E-state index in [0.717, 1.165) is 5.69 Å². The monoisotopic (exact) mass is 388 g/mol. The van der Waals surface area contributed by atoms with Gasteiger partial charge >= 0.3 is 0 Å². The molecule has 1 unspecified atom stereocenters. The van der Waals surface area contributed by atoms with Crippen LogP contribution in [-0.2, 0) is 4.79 Å². The fraction of sp³-hybridized carbons (Fsp3) is 0.167. The number of carbonyl (C=O) groups excluding carboxylic acids is 2. The van der Waals surface area contributed by atoms with Crippen LogP contribution in [0.25, 0.3) is 0 Å². The first-order chi connectivity index (χ1) is 14.1. The lowest BCUT2D eigenvalue weighted by atomic mass is 10.1. The molecule has 5 heteroatoms. The van der Waals surface area contributed by atoms with Crippen molar-refractivity contribution in [2.45, 2.75) is 19.4 Å². The van der Waals surface area contributed by atoms with E-state index in [1.807, 2.05) is 67.6 Å². The third-order valence-corrected chi connectivity index (χ3v) is 4.51. The largest absolute Gasteiger partial charge is 0.481 e. The average molecular weight is 388 g/mol. The fourth-order valence-electron chi connectivity index (χ4n) is 2.90. The van der Waals surface area contributed by atoms with Gasteiger partial charge in [-0.05, 0) is 48.9 Å². The molecule has 0 radical (unpaired) electrons. The lowest BCUT2D eigenvalue weighted by Gasteiger charge is -2.19. The molecule has 5 nitrogen and oxygen atoms in total. The van der Waals surface area contributed by atoms with Crippen LogP contribution in [0.1, 0.15) is 23.7 Å². The summed E-state index contributed by atoms with van der Waals surface area (Å²) in [7, 11) is 1.73. The number of amides is 2. The summed E-state index contributed by atoms with van der Waals surface area (Å²) < 4.78 is 5.78. The van der Waals surface area contributed by atoms with Gasteiger partial charge in [-0.3, -0.25) is 9.59 Å². The number of anilines is 2. The summed E-state index contributed by atoms with van der Waals surface area (Å²) in [5.41, 5.74) is 1.85. The van der Waals surface area contributed by atoms with Crippen molar-refractivity contribution in [3.8, 4) is 5.75 Å². The number of rotatable bonds is 7. The lowest BCUT2D eigenvalue weighted by molar-refractivity contribution is -0.122. The van der Waals surface area contributed by atoms with Gasteiger partial charge in [0, 0.05) is 24.0 Å². The van der Waals surface area contributed by atoms with Gasteiger partial charge < -0.3 is 15.0 Å². The van der Waals surface area contributed by atoms with Crippen LogP contribution in [0, 0.1) is 0 Å². The van der Waals surface area contributed by atoms with Crippen LogP contribution >= 0.6 is 0 Å². The summed E-state index contributed by atoms with van der Waals surface area (Å²) in [6, 6.07) is 25.6. The van der Waals surface area contributed by atoms with Crippen molar-refractivity contribution in [1.82, 2.24) is 0 Å². The Labute approximate surface area is 170 Å². The fourth-order valence-corrected chi connectivity index (χ4v) is 2.90. The zero-order chi connectivity index (χ0) is 20.6. The highest BCUT2D eigenvalue weighted by Gasteiger charge is 2.19. The average Bonchev–Trinajstić information content (AvgIpc) is 2.77. The molecular formula is C24H24N2O3. The molecular weight excluding hydrogens is 364 g/mol. The second kappa shape index (κ2) is 9.55. The maximum Gasteiger partial charge on any atom is 0.265 e. The molecule has 1 N–H and O–H groups in total. The molecule has 0 aliphatic rings. The van der Waals surface area contributed by atoms with Gasteiger partial charge in [-0.25, -0.2) is 0 Å². The SMILES string of the molecule is CCC(Oc1ccccc1)C(=O)Nc1cccc(C(=O)N(C)c2ccccc2)c1. The van der Waals surface area contributed by atoms with Gasteiger partial charge in [0.1, 0.15) is 5.75 Å². The molecule has 0 saturated heterocycles. The summed E-state index contributed by atoms with van der Waals surface area (Å²) in [6.07, 6.45) is -0.0976. The van der Waals surface area contributed by atoms with Gasteiger partial charge in [-0.15, -0.1) is 0 Å². The Bertz CT molecular complexity index is 958. The second-order valence-corrected chi connectivity index (χ2v) is 6.60. The van der Waals surface area contributed by atoms with E-state index in [1.54, 1.807) is 36.2 Å². The van der Waals surface area contributed by atoms with E-state index in [4.69, 9.17) is 4.74 Å². The van der Waals surface area contributed by atoms with Gasteiger partial charge in [0.05, 0.1) is 0 Å². The molecule has 0 heterocycles. The Kier molecular flexibility index (Phi) is 6.63. The first-order valence-electron chi connectivity index (χ1n) is 9.54. The van der Waals surface area contributed by atoms with Crippen molar-refractivity contribution < 1.29 is 14.3 Å². The van der Waals surface area contributed by atoms with E-state index >= 15 is 0 Å². The number of ether oxygens (including phenoxy) is 1. The predicted molar refractivity (Wildman–Crippen MR) is 115 cm³/mol. The van der Waals surface area contributed by atoms with E-state index in [0.29, 0.717) is 23.4 Å². The summed E-state index contributed by atoms with van der Waals surface area (Å²) in [5, 5.41) is 2.85. The summed E-state index contributed by atoms with van der Waals surface area (Å²) in [5.74, 6) is 0.236. The lowest BCUT2D eigenvalue weighted by Crippen LogP contribution is -2.32. The minimum Gasteiger partial charge on any atom is -0.481 e. The molecule has 2 amide bonds. The molecule has 0 aromatic heterocycles.